The molecule has 5 rings (SSSR count). The summed E-state index contributed by atoms with van der Waals surface area (Å²) >= 11 is 7.91. The number of benzene rings is 4. The summed E-state index contributed by atoms with van der Waals surface area (Å²) in [6.07, 6.45) is 1.28. The summed E-state index contributed by atoms with van der Waals surface area (Å²) in [5.41, 5.74) is 3.48. The van der Waals surface area contributed by atoms with Crippen LogP contribution in [0.2, 0.25) is 5.02 Å². The van der Waals surface area contributed by atoms with E-state index >= 15 is 0 Å². The zero-order valence-corrected chi connectivity index (χ0v) is 24.8. The quantitative estimate of drug-likeness (QED) is 0.0874. The molecule has 0 bridgehead atoms. The highest BCUT2D eigenvalue weighted by atomic mass is 35.5. The molecule has 1 heterocycles. The number of hydrogen-bond donors (Lipinski definition) is 0. The van der Waals surface area contributed by atoms with E-state index in [1.807, 2.05) is 66.2 Å². The molecule has 41 heavy (non-hydrogen) atoms. The molecule has 0 spiro atoms. The molecular formula is C33H31ClFNO4S. The van der Waals surface area contributed by atoms with Gasteiger partial charge in [0.1, 0.15) is 23.0 Å². The second-order valence-corrected chi connectivity index (χ2v) is 11.1. The van der Waals surface area contributed by atoms with Gasteiger partial charge >= 0.3 is 5.97 Å². The van der Waals surface area contributed by atoms with Crippen LogP contribution in [0, 0.1) is 5.82 Å². The van der Waals surface area contributed by atoms with E-state index in [0.717, 1.165) is 49.2 Å². The monoisotopic (exact) mass is 591 g/mol. The molecule has 212 valence electrons. The lowest BCUT2D eigenvalue weighted by Gasteiger charge is -2.13. The fourth-order valence-electron chi connectivity index (χ4n) is 5.00. The van der Waals surface area contributed by atoms with E-state index < -0.39 is 0 Å². The summed E-state index contributed by atoms with van der Waals surface area (Å²) in [4.78, 5) is 13.8. The molecule has 0 N–H and O–H groups in total. The molecule has 1 aromatic heterocycles. The van der Waals surface area contributed by atoms with Gasteiger partial charge in [-0.25, -0.2) is 9.18 Å². The first-order chi connectivity index (χ1) is 19.9. The number of carbonyl (C=O) groups excluding carboxylic acids is 1. The molecule has 0 atom stereocenters. The molecule has 0 saturated heterocycles. The third kappa shape index (κ3) is 6.47. The van der Waals surface area contributed by atoms with Crippen molar-refractivity contribution in [3.8, 4) is 11.5 Å². The minimum Gasteiger partial charge on any atom is -0.497 e. The van der Waals surface area contributed by atoms with Crippen molar-refractivity contribution < 1.29 is 23.4 Å². The highest BCUT2D eigenvalue weighted by Crippen LogP contribution is 2.35. The predicted molar refractivity (Wildman–Crippen MR) is 164 cm³/mol. The van der Waals surface area contributed by atoms with E-state index in [-0.39, 0.29) is 11.8 Å². The van der Waals surface area contributed by atoms with Crippen LogP contribution in [0.4, 0.5) is 4.39 Å². The van der Waals surface area contributed by atoms with Crippen molar-refractivity contribution in [2.75, 3.05) is 20.3 Å². The van der Waals surface area contributed by atoms with Gasteiger partial charge in [0.05, 0.1) is 25.8 Å². The van der Waals surface area contributed by atoms with Crippen LogP contribution >= 0.6 is 23.4 Å². The van der Waals surface area contributed by atoms with Crippen LogP contribution in [-0.2, 0) is 24.0 Å². The van der Waals surface area contributed by atoms with Crippen LogP contribution in [0.1, 0.15) is 35.0 Å². The van der Waals surface area contributed by atoms with Gasteiger partial charge in [0.15, 0.2) is 0 Å². The van der Waals surface area contributed by atoms with Crippen LogP contribution in [0.5, 0.6) is 11.5 Å². The number of rotatable bonds is 11. The van der Waals surface area contributed by atoms with Gasteiger partial charge in [-0.15, -0.1) is 11.8 Å². The Kier molecular flexibility index (Phi) is 9.06. The summed E-state index contributed by atoms with van der Waals surface area (Å²) in [6.45, 7) is 2.51. The smallest absolute Gasteiger partial charge is 0.355 e. The Morgan fingerprint density at radius 3 is 2.54 bits per heavy atom. The highest BCUT2D eigenvalue weighted by Gasteiger charge is 2.22. The van der Waals surface area contributed by atoms with Gasteiger partial charge in [0.2, 0.25) is 0 Å². The van der Waals surface area contributed by atoms with Crippen molar-refractivity contribution >= 4 is 51.0 Å². The lowest BCUT2D eigenvalue weighted by molar-refractivity contribution is 0.0514. The van der Waals surface area contributed by atoms with Gasteiger partial charge in [-0.3, -0.25) is 0 Å². The third-order valence-corrected chi connectivity index (χ3v) is 8.26. The number of esters is 1. The maximum atomic E-state index is 14.1. The zero-order valence-electron chi connectivity index (χ0n) is 23.2. The number of aryl methyl sites for hydroxylation is 2. The van der Waals surface area contributed by atoms with Gasteiger partial charge in [-0.05, 0) is 90.9 Å². The zero-order chi connectivity index (χ0) is 28.9. The molecule has 0 unspecified atom stereocenters. The van der Waals surface area contributed by atoms with Crippen molar-refractivity contribution in [1.82, 2.24) is 4.57 Å². The first-order valence-corrected chi connectivity index (χ1v) is 14.8. The number of nitrogens with zero attached hydrogens (tertiary/aromatic N) is 1. The van der Waals surface area contributed by atoms with Crippen LogP contribution in [0.3, 0.4) is 0 Å². The van der Waals surface area contributed by atoms with Crippen LogP contribution in [0.25, 0.3) is 21.7 Å². The third-order valence-electron chi connectivity index (χ3n) is 6.98. The van der Waals surface area contributed by atoms with E-state index in [0.29, 0.717) is 42.5 Å². The molecule has 0 aliphatic heterocycles. The normalized spacial score (nSPS) is 11.2. The first-order valence-electron chi connectivity index (χ1n) is 13.4. The summed E-state index contributed by atoms with van der Waals surface area (Å²) in [5, 5.41) is 3.22. The number of ether oxygens (including phenoxy) is 3. The maximum Gasteiger partial charge on any atom is 0.355 e. The summed E-state index contributed by atoms with van der Waals surface area (Å²) < 4.78 is 32.9. The van der Waals surface area contributed by atoms with Crippen LogP contribution < -0.4 is 9.47 Å². The maximum absolute atomic E-state index is 14.1. The Labute approximate surface area is 248 Å². The average molecular weight is 592 g/mol. The fourth-order valence-corrected chi connectivity index (χ4v) is 6.09. The van der Waals surface area contributed by atoms with Gasteiger partial charge < -0.3 is 18.8 Å². The molecule has 4 aromatic carbocycles. The molecule has 0 aliphatic rings. The van der Waals surface area contributed by atoms with Gasteiger partial charge in [0, 0.05) is 33.5 Å². The molecule has 5 nitrogen and oxygen atoms in total. The molecule has 0 fully saturated rings. The SMILES string of the molecule is CCOC(=O)c1c(CCCOc2cc(SCc3ccc(OC)cc3)cc3cc(F)ccc23)c2ccc(Cl)cc2n1C. The van der Waals surface area contributed by atoms with E-state index in [2.05, 4.69) is 0 Å². The van der Waals surface area contributed by atoms with Crippen molar-refractivity contribution in [1.29, 1.82) is 0 Å². The number of aromatic nitrogens is 1. The Bertz CT molecular complexity index is 1700. The number of halogens is 2. The summed E-state index contributed by atoms with van der Waals surface area (Å²) in [7, 11) is 3.50. The highest BCUT2D eigenvalue weighted by molar-refractivity contribution is 7.98. The fraction of sp³-hybridized carbons (Fsp3) is 0.242. The molecular weight excluding hydrogens is 561 g/mol. The van der Waals surface area contributed by atoms with E-state index in [9.17, 15) is 9.18 Å². The van der Waals surface area contributed by atoms with Crippen LogP contribution in [-0.4, -0.2) is 30.9 Å². The molecule has 0 amide bonds. The number of hydrogen-bond acceptors (Lipinski definition) is 5. The molecule has 0 radical (unpaired) electrons. The first kappa shape index (κ1) is 28.8. The predicted octanol–water partition coefficient (Wildman–Crippen LogP) is 8.61. The Hall–Kier alpha value is -3.68. The summed E-state index contributed by atoms with van der Waals surface area (Å²) in [6, 6.07) is 22.3. The standard InChI is InChI=1S/C33H31ClFNO4S/c1-4-39-33(37)32-29(28-13-9-23(34)18-30(28)36(32)2)6-5-15-40-31-19-26(17-22-16-24(35)10-14-27(22)31)41-20-21-7-11-25(38-3)12-8-21/h7-14,16-19H,4-6,15,20H2,1-3H3. The second kappa shape index (κ2) is 12.9. The van der Waals surface area contributed by atoms with Crippen molar-refractivity contribution in [3.63, 3.8) is 0 Å². The van der Waals surface area contributed by atoms with Crippen molar-refractivity contribution in [2.24, 2.45) is 7.05 Å². The number of carbonyl (C=O) groups is 1. The number of methoxy groups -OCH3 is 1. The Morgan fingerprint density at radius 2 is 1.78 bits per heavy atom. The van der Waals surface area contributed by atoms with Gasteiger partial charge in [-0.1, -0.05) is 29.8 Å². The Morgan fingerprint density at radius 1 is 1.00 bits per heavy atom. The average Bonchev–Trinajstić information content (AvgIpc) is 3.24. The summed E-state index contributed by atoms with van der Waals surface area (Å²) in [5.74, 6) is 1.63. The topological polar surface area (TPSA) is 49.7 Å². The van der Waals surface area contributed by atoms with Crippen molar-refractivity contribution in [2.45, 2.75) is 30.4 Å². The molecule has 8 heteroatoms. The minimum atomic E-state index is -0.354. The Balaban J connectivity index is 1.34. The van der Waals surface area contributed by atoms with Gasteiger partial charge in [-0.2, -0.15) is 0 Å². The molecule has 0 saturated carbocycles. The van der Waals surface area contributed by atoms with E-state index in [1.165, 1.54) is 12.1 Å². The lowest BCUT2D eigenvalue weighted by atomic mass is 10.1. The van der Waals surface area contributed by atoms with Crippen LogP contribution in [0.15, 0.2) is 77.7 Å². The van der Waals surface area contributed by atoms with Crippen molar-refractivity contribution in [3.05, 3.63) is 100 Å². The van der Waals surface area contributed by atoms with E-state index in [4.69, 9.17) is 25.8 Å². The number of thioether (sulfide) groups is 1. The molecule has 5 aromatic rings. The minimum absolute atomic E-state index is 0.289. The van der Waals surface area contributed by atoms with Gasteiger partial charge in [0.25, 0.3) is 0 Å². The second-order valence-electron chi connectivity index (χ2n) is 9.64. The van der Waals surface area contributed by atoms with E-state index in [1.54, 1.807) is 31.9 Å². The largest absolute Gasteiger partial charge is 0.497 e. The lowest BCUT2D eigenvalue weighted by Crippen LogP contribution is -2.12. The number of fused-ring (bicyclic) bond motifs is 2. The molecule has 0 aliphatic carbocycles.